The molecule has 1 amide bonds. The van der Waals surface area contributed by atoms with Crippen molar-refractivity contribution in [2.75, 3.05) is 0 Å². The van der Waals surface area contributed by atoms with E-state index in [4.69, 9.17) is 0 Å². The smallest absolute Gasteiger partial charge is 0.220 e. The van der Waals surface area contributed by atoms with Gasteiger partial charge in [0, 0.05) is 12.8 Å². The van der Waals surface area contributed by atoms with Crippen LogP contribution in [0.2, 0.25) is 0 Å². The third kappa shape index (κ3) is 4.57. The molecule has 0 fully saturated rings. The Kier molecular flexibility index (Phi) is 6.24. The Labute approximate surface area is 127 Å². The SMILES string of the molecule is CCCCCCCCC(=O)NC1c2ccccc2CC1O. The number of aliphatic hydroxyl groups excluding tert-OH is 1. The second kappa shape index (κ2) is 8.18. The number of hydrogen-bond donors (Lipinski definition) is 2. The first kappa shape index (κ1) is 16.0. The van der Waals surface area contributed by atoms with Gasteiger partial charge in [0.15, 0.2) is 0 Å². The fraction of sp³-hybridized carbons (Fsp3) is 0.611. The molecule has 2 rings (SSSR count). The van der Waals surface area contributed by atoms with Crippen molar-refractivity contribution in [3.8, 4) is 0 Å². The van der Waals surface area contributed by atoms with Crippen LogP contribution in [0.25, 0.3) is 0 Å². The zero-order valence-corrected chi connectivity index (χ0v) is 13.0. The first-order valence-electron chi connectivity index (χ1n) is 8.27. The predicted molar refractivity (Wildman–Crippen MR) is 85.0 cm³/mol. The summed E-state index contributed by atoms with van der Waals surface area (Å²) in [5.74, 6) is 0.0613. The summed E-state index contributed by atoms with van der Waals surface area (Å²) in [6, 6.07) is 7.74. The number of amides is 1. The van der Waals surface area contributed by atoms with Crippen molar-refractivity contribution in [1.82, 2.24) is 5.32 Å². The summed E-state index contributed by atoms with van der Waals surface area (Å²) in [6.07, 6.45) is 7.81. The molecule has 2 atom stereocenters. The monoisotopic (exact) mass is 289 g/mol. The molecule has 21 heavy (non-hydrogen) atoms. The van der Waals surface area contributed by atoms with Gasteiger partial charge in [0.1, 0.15) is 0 Å². The lowest BCUT2D eigenvalue weighted by atomic mass is 10.1. The lowest BCUT2D eigenvalue weighted by molar-refractivity contribution is -0.122. The molecule has 3 nitrogen and oxygen atoms in total. The molecule has 0 bridgehead atoms. The average molecular weight is 289 g/mol. The fourth-order valence-corrected chi connectivity index (χ4v) is 3.06. The molecule has 1 aliphatic rings. The molecule has 0 saturated heterocycles. The topological polar surface area (TPSA) is 49.3 Å². The Bertz CT molecular complexity index is 458. The van der Waals surface area contributed by atoms with Gasteiger partial charge in [0.25, 0.3) is 0 Å². The molecule has 0 radical (unpaired) electrons. The van der Waals surface area contributed by atoms with Gasteiger partial charge < -0.3 is 10.4 Å². The van der Waals surface area contributed by atoms with Gasteiger partial charge in [-0.1, -0.05) is 63.3 Å². The number of benzene rings is 1. The standard InChI is InChI=1S/C18H27NO2/c1-2-3-4-5-6-7-12-17(21)19-18-15-11-9-8-10-14(15)13-16(18)20/h8-11,16,18,20H,2-7,12-13H2,1H3,(H,19,21). The van der Waals surface area contributed by atoms with Gasteiger partial charge in [-0.15, -0.1) is 0 Å². The number of carbonyl (C=O) groups excluding carboxylic acids is 1. The van der Waals surface area contributed by atoms with Gasteiger partial charge in [-0.2, -0.15) is 0 Å². The minimum Gasteiger partial charge on any atom is -0.390 e. The average Bonchev–Trinajstić information content (AvgIpc) is 2.79. The summed E-state index contributed by atoms with van der Waals surface area (Å²) in [5, 5.41) is 13.1. The van der Waals surface area contributed by atoms with Crippen LogP contribution in [-0.4, -0.2) is 17.1 Å². The molecular formula is C18H27NO2. The normalized spacial score (nSPS) is 20.3. The minimum atomic E-state index is -0.490. The number of aliphatic hydroxyl groups is 1. The van der Waals surface area contributed by atoms with Crippen LogP contribution < -0.4 is 5.32 Å². The molecule has 116 valence electrons. The van der Waals surface area contributed by atoms with E-state index in [0.717, 1.165) is 24.0 Å². The zero-order chi connectivity index (χ0) is 15.1. The van der Waals surface area contributed by atoms with Crippen molar-refractivity contribution in [1.29, 1.82) is 0 Å². The Morgan fingerprint density at radius 2 is 1.90 bits per heavy atom. The summed E-state index contributed by atoms with van der Waals surface area (Å²) in [5.41, 5.74) is 2.22. The van der Waals surface area contributed by atoms with Crippen molar-refractivity contribution < 1.29 is 9.90 Å². The van der Waals surface area contributed by atoms with Gasteiger partial charge in [-0.05, 0) is 17.5 Å². The second-order valence-electron chi connectivity index (χ2n) is 6.03. The lowest BCUT2D eigenvalue weighted by Crippen LogP contribution is -2.33. The molecule has 0 aromatic heterocycles. The van der Waals surface area contributed by atoms with Gasteiger partial charge in [-0.3, -0.25) is 4.79 Å². The van der Waals surface area contributed by atoms with Crippen LogP contribution in [0.3, 0.4) is 0 Å². The summed E-state index contributed by atoms with van der Waals surface area (Å²) in [7, 11) is 0. The largest absolute Gasteiger partial charge is 0.390 e. The number of carbonyl (C=O) groups is 1. The molecule has 3 heteroatoms. The van der Waals surface area contributed by atoms with E-state index in [1.807, 2.05) is 24.3 Å². The van der Waals surface area contributed by atoms with Crippen LogP contribution in [0.5, 0.6) is 0 Å². The highest BCUT2D eigenvalue weighted by molar-refractivity contribution is 5.76. The highest BCUT2D eigenvalue weighted by Gasteiger charge is 2.31. The predicted octanol–water partition coefficient (Wildman–Crippen LogP) is 3.51. The number of nitrogens with one attached hydrogen (secondary N) is 1. The number of unbranched alkanes of at least 4 members (excludes halogenated alkanes) is 5. The summed E-state index contributed by atoms with van der Waals surface area (Å²) < 4.78 is 0. The summed E-state index contributed by atoms with van der Waals surface area (Å²) in [6.45, 7) is 2.21. The Morgan fingerprint density at radius 1 is 1.19 bits per heavy atom. The van der Waals surface area contributed by atoms with Crippen LogP contribution >= 0.6 is 0 Å². The molecule has 2 unspecified atom stereocenters. The third-order valence-electron chi connectivity index (χ3n) is 4.28. The molecule has 1 aliphatic carbocycles. The number of rotatable bonds is 8. The van der Waals surface area contributed by atoms with Crippen LogP contribution in [0.1, 0.15) is 69.0 Å². The minimum absolute atomic E-state index is 0.0613. The number of hydrogen-bond acceptors (Lipinski definition) is 2. The molecule has 0 saturated carbocycles. The van der Waals surface area contributed by atoms with Crippen molar-refractivity contribution in [2.45, 2.75) is 70.4 Å². The van der Waals surface area contributed by atoms with E-state index in [0.29, 0.717) is 12.8 Å². The van der Waals surface area contributed by atoms with Gasteiger partial charge in [-0.25, -0.2) is 0 Å². The third-order valence-corrected chi connectivity index (χ3v) is 4.28. The van der Waals surface area contributed by atoms with E-state index in [2.05, 4.69) is 12.2 Å². The van der Waals surface area contributed by atoms with E-state index in [1.165, 1.54) is 25.7 Å². The van der Waals surface area contributed by atoms with E-state index in [1.54, 1.807) is 0 Å². The molecule has 0 heterocycles. The van der Waals surface area contributed by atoms with Crippen molar-refractivity contribution >= 4 is 5.91 Å². The van der Waals surface area contributed by atoms with Crippen molar-refractivity contribution in [2.24, 2.45) is 0 Å². The summed E-state index contributed by atoms with van der Waals surface area (Å²) >= 11 is 0. The van der Waals surface area contributed by atoms with E-state index in [-0.39, 0.29) is 11.9 Å². The Balaban J connectivity index is 1.73. The molecular weight excluding hydrogens is 262 g/mol. The van der Waals surface area contributed by atoms with Crippen LogP contribution in [0.15, 0.2) is 24.3 Å². The maximum Gasteiger partial charge on any atom is 0.220 e. The summed E-state index contributed by atoms with van der Waals surface area (Å²) in [4.78, 5) is 12.0. The molecule has 0 aliphatic heterocycles. The van der Waals surface area contributed by atoms with E-state index in [9.17, 15) is 9.90 Å². The first-order valence-corrected chi connectivity index (χ1v) is 8.27. The Morgan fingerprint density at radius 3 is 2.71 bits per heavy atom. The number of fused-ring (bicyclic) bond motifs is 1. The highest BCUT2D eigenvalue weighted by atomic mass is 16.3. The van der Waals surface area contributed by atoms with Gasteiger partial charge >= 0.3 is 0 Å². The highest BCUT2D eigenvalue weighted by Crippen LogP contribution is 2.31. The zero-order valence-electron chi connectivity index (χ0n) is 13.0. The van der Waals surface area contributed by atoms with E-state index >= 15 is 0 Å². The van der Waals surface area contributed by atoms with Crippen LogP contribution in [0, 0.1) is 0 Å². The van der Waals surface area contributed by atoms with Crippen LogP contribution in [0.4, 0.5) is 0 Å². The van der Waals surface area contributed by atoms with Gasteiger partial charge in [0.2, 0.25) is 5.91 Å². The quantitative estimate of drug-likeness (QED) is 0.719. The molecule has 1 aromatic carbocycles. The van der Waals surface area contributed by atoms with Crippen molar-refractivity contribution in [3.05, 3.63) is 35.4 Å². The van der Waals surface area contributed by atoms with E-state index < -0.39 is 6.10 Å². The van der Waals surface area contributed by atoms with Gasteiger partial charge in [0.05, 0.1) is 12.1 Å². The molecule has 1 aromatic rings. The Hall–Kier alpha value is -1.35. The maximum atomic E-state index is 12.0. The first-order chi connectivity index (χ1) is 10.2. The van der Waals surface area contributed by atoms with Crippen molar-refractivity contribution in [3.63, 3.8) is 0 Å². The van der Waals surface area contributed by atoms with Crippen LogP contribution in [-0.2, 0) is 11.2 Å². The maximum absolute atomic E-state index is 12.0. The fourth-order valence-electron chi connectivity index (χ4n) is 3.06. The molecule has 0 spiro atoms. The lowest BCUT2D eigenvalue weighted by Gasteiger charge is -2.18. The molecule has 2 N–H and O–H groups in total. The second-order valence-corrected chi connectivity index (χ2v) is 6.03.